The summed E-state index contributed by atoms with van der Waals surface area (Å²) in [7, 11) is 0. The second-order valence-electron chi connectivity index (χ2n) is 7.01. The number of carbonyl (C=O) groups excluding carboxylic acids is 1. The maximum atomic E-state index is 12.2. The number of nitrogens with one attached hydrogen (secondary N) is 2. The van der Waals surface area contributed by atoms with E-state index in [1.807, 2.05) is 45.0 Å². The maximum Gasteiger partial charge on any atom is 0.273 e. The minimum absolute atomic E-state index is 0.0918. The number of carbonyl (C=O) groups is 1. The summed E-state index contributed by atoms with van der Waals surface area (Å²) in [6, 6.07) is 7.34. The van der Waals surface area contributed by atoms with E-state index in [-0.39, 0.29) is 36.1 Å². The van der Waals surface area contributed by atoms with E-state index in [2.05, 4.69) is 27.4 Å². The Bertz CT molecular complexity index is 800. The summed E-state index contributed by atoms with van der Waals surface area (Å²) < 4.78 is 5.74. The highest BCUT2D eigenvalue weighted by Crippen LogP contribution is 2.19. The molecule has 0 spiro atoms. The zero-order chi connectivity index (χ0) is 19.8. The van der Waals surface area contributed by atoms with Crippen molar-refractivity contribution in [3.8, 4) is 17.1 Å². The first-order valence-corrected chi connectivity index (χ1v) is 9.38. The van der Waals surface area contributed by atoms with Crippen LogP contribution in [0.3, 0.4) is 0 Å². The van der Waals surface area contributed by atoms with E-state index in [1.165, 1.54) is 0 Å². The van der Waals surface area contributed by atoms with Crippen molar-refractivity contribution in [3.05, 3.63) is 40.3 Å². The van der Waals surface area contributed by atoms with E-state index >= 15 is 0 Å². The summed E-state index contributed by atoms with van der Waals surface area (Å²) in [4.78, 5) is 26.7. The molecule has 7 nitrogen and oxygen atoms in total. The van der Waals surface area contributed by atoms with Gasteiger partial charge in [-0.25, -0.2) is 0 Å². The molecule has 0 saturated carbocycles. The Morgan fingerprint density at radius 3 is 2.48 bits per heavy atom. The summed E-state index contributed by atoms with van der Waals surface area (Å²) in [5, 5.41) is 10.9. The molecule has 0 bridgehead atoms. The summed E-state index contributed by atoms with van der Waals surface area (Å²) in [5.41, 5.74) is 0.684. The summed E-state index contributed by atoms with van der Waals surface area (Å²) in [5.74, 6) is 1.46. The van der Waals surface area contributed by atoms with Crippen molar-refractivity contribution < 1.29 is 9.53 Å². The molecule has 146 valence electrons. The summed E-state index contributed by atoms with van der Waals surface area (Å²) in [6.07, 6.45) is 1.55. The lowest BCUT2D eigenvalue weighted by atomic mass is 10.2. The minimum atomic E-state index is -0.323. The van der Waals surface area contributed by atoms with E-state index in [0.717, 1.165) is 17.7 Å². The van der Waals surface area contributed by atoms with Crippen LogP contribution in [0.4, 0.5) is 0 Å². The molecule has 27 heavy (non-hydrogen) atoms. The van der Waals surface area contributed by atoms with Crippen LogP contribution in [0.2, 0.25) is 0 Å². The van der Waals surface area contributed by atoms with Crippen molar-refractivity contribution >= 4 is 5.91 Å². The lowest BCUT2D eigenvalue weighted by molar-refractivity contribution is -0.121. The van der Waals surface area contributed by atoms with Crippen LogP contribution in [0, 0.1) is 5.92 Å². The molecular formula is C20H28N4O3. The van der Waals surface area contributed by atoms with Gasteiger partial charge in [-0.05, 0) is 43.5 Å². The first-order valence-electron chi connectivity index (χ1n) is 9.38. The van der Waals surface area contributed by atoms with Gasteiger partial charge in [-0.15, -0.1) is 10.2 Å². The van der Waals surface area contributed by atoms with Gasteiger partial charge in [0.25, 0.3) is 5.56 Å². The Kier molecular flexibility index (Phi) is 7.52. The molecule has 0 fully saturated rings. The van der Waals surface area contributed by atoms with Crippen LogP contribution in [-0.4, -0.2) is 33.7 Å². The predicted molar refractivity (Wildman–Crippen MR) is 105 cm³/mol. The second-order valence-corrected chi connectivity index (χ2v) is 7.01. The lowest BCUT2D eigenvalue weighted by Gasteiger charge is -2.12. The van der Waals surface area contributed by atoms with Crippen molar-refractivity contribution in [3.63, 3.8) is 0 Å². The molecule has 0 aliphatic carbocycles. The molecule has 1 unspecified atom stereocenters. The summed E-state index contributed by atoms with van der Waals surface area (Å²) >= 11 is 0. The Morgan fingerprint density at radius 2 is 1.89 bits per heavy atom. The highest BCUT2D eigenvalue weighted by Gasteiger charge is 2.10. The average Bonchev–Trinajstić information content (AvgIpc) is 2.65. The van der Waals surface area contributed by atoms with Gasteiger partial charge in [0, 0.05) is 24.9 Å². The van der Waals surface area contributed by atoms with Crippen LogP contribution in [-0.2, 0) is 11.2 Å². The van der Waals surface area contributed by atoms with Gasteiger partial charge >= 0.3 is 0 Å². The minimum Gasteiger partial charge on any atom is -0.491 e. The normalized spacial score (nSPS) is 12.0. The topological polar surface area (TPSA) is 97.0 Å². The van der Waals surface area contributed by atoms with Gasteiger partial charge < -0.3 is 15.0 Å². The molecule has 1 amide bonds. The molecule has 0 saturated heterocycles. The number of H-pyrrole nitrogens is 1. The highest BCUT2D eigenvalue weighted by molar-refractivity contribution is 5.76. The molecule has 1 atom stereocenters. The summed E-state index contributed by atoms with van der Waals surface area (Å²) in [6.45, 7) is 8.75. The number of nitrogens with zero attached hydrogens (tertiary/aromatic N) is 2. The molecule has 0 radical (unpaired) electrons. The van der Waals surface area contributed by atoms with Crippen molar-refractivity contribution in [1.82, 2.24) is 20.5 Å². The first-order chi connectivity index (χ1) is 12.9. The van der Waals surface area contributed by atoms with E-state index in [9.17, 15) is 9.59 Å². The lowest BCUT2D eigenvalue weighted by Crippen LogP contribution is -2.28. The zero-order valence-electron chi connectivity index (χ0n) is 16.4. The van der Waals surface area contributed by atoms with Gasteiger partial charge in [0.05, 0.1) is 6.10 Å². The third-order valence-corrected chi connectivity index (χ3v) is 4.10. The second kappa shape index (κ2) is 9.85. The molecule has 0 aliphatic rings. The van der Waals surface area contributed by atoms with Crippen molar-refractivity contribution in [2.24, 2.45) is 5.92 Å². The Hall–Kier alpha value is -2.70. The molecule has 2 rings (SSSR count). The third-order valence-electron chi connectivity index (χ3n) is 4.10. The van der Waals surface area contributed by atoms with Gasteiger partial charge in [0.2, 0.25) is 5.91 Å². The van der Waals surface area contributed by atoms with E-state index in [0.29, 0.717) is 18.3 Å². The molecule has 1 aromatic carbocycles. The number of ether oxygens (including phenoxy) is 1. The van der Waals surface area contributed by atoms with Crippen LogP contribution in [0.15, 0.2) is 29.1 Å². The van der Waals surface area contributed by atoms with E-state index in [4.69, 9.17) is 4.74 Å². The fraction of sp³-hybridized carbons (Fsp3) is 0.500. The number of rotatable bonds is 9. The Balaban J connectivity index is 1.99. The number of hydrogen-bond donors (Lipinski definition) is 2. The fourth-order valence-corrected chi connectivity index (χ4v) is 2.30. The molecule has 1 aromatic heterocycles. The van der Waals surface area contributed by atoms with Gasteiger partial charge in [-0.2, -0.15) is 0 Å². The van der Waals surface area contributed by atoms with Gasteiger partial charge in [0.15, 0.2) is 5.82 Å². The van der Waals surface area contributed by atoms with Crippen LogP contribution in [0.25, 0.3) is 11.4 Å². The standard InChI is InChI=1S/C20H28N4O3/c1-5-14(4)27-16-8-6-15(7-9-16)19-22-20(26)17(23-24-19)10-11-18(25)21-12-13(2)3/h6-9,13-14H,5,10-12H2,1-4H3,(H,21,25)(H,22,24,26). The number of benzene rings is 1. The smallest absolute Gasteiger partial charge is 0.273 e. The first kappa shape index (κ1) is 20.6. The molecule has 2 aromatic rings. The number of aryl methyl sites for hydroxylation is 1. The van der Waals surface area contributed by atoms with Crippen LogP contribution in [0.5, 0.6) is 5.75 Å². The predicted octanol–water partition coefficient (Wildman–Crippen LogP) is 2.71. The monoisotopic (exact) mass is 372 g/mol. The molecule has 0 aliphatic heterocycles. The number of aromatic nitrogens is 3. The third kappa shape index (κ3) is 6.51. The molecular weight excluding hydrogens is 344 g/mol. The zero-order valence-corrected chi connectivity index (χ0v) is 16.4. The van der Waals surface area contributed by atoms with Gasteiger partial charge in [0.1, 0.15) is 11.4 Å². The fourth-order valence-electron chi connectivity index (χ4n) is 2.30. The van der Waals surface area contributed by atoms with Gasteiger partial charge in [-0.1, -0.05) is 20.8 Å². The quantitative estimate of drug-likeness (QED) is 0.705. The van der Waals surface area contributed by atoms with E-state index < -0.39 is 0 Å². The van der Waals surface area contributed by atoms with Crippen LogP contribution in [0.1, 0.15) is 46.2 Å². The largest absolute Gasteiger partial charge is 0.491 e. The number of aromatic amines is 1. The van der Waals surface area contributed by atoms with Crippen molar-refractivity contribution in [2.45, 2.75) is 53.1 Å². The van der Waals surface area contributed by atoms with Crippen molar-refractivity contribution in [2.75, 3.05) is 6.54 Å². The van der Waals surface area contributed by atoms with Crippen molar-refractivity contribution in [1.29, 1.82) is 0 Å². The average molecular weight is 372 g/mol. The number of amides is 1. The number of hydrogen-bond acceptors (Lipinski definition) is 5. The van der Waals surface area contributed by atoms with Crippen LogP contribution < -0.4 is 15.6 Å². The van der Waals surface area contributed by atoms with Gasteiger partial charge in [-0.3, -0.25) is 9.59 Å². The van der Waals surface area contributed by atoms with Crippen LogP contribution >= 0.6 is 0 Å². The molecule has 2 N–H and O–H groups in total. The Morgan fingerprint density at radius 1 is 1.19 bits per heavy atom. The molecule has 1 heterocycles. The molecule has 7 heteroatoms. The van der Waals surface area contributed by atoms with E-state index in [1.54, 1.807) is 0 Å². The Labute approximate surface area is 159 Å². The highest BCUT2D eigenvalue weighted by atomic mass is 16.5. The SMILES string of the molecule is CCC(C)Oc1ccc(-c2nnc(CCC(=O)NCC(C)C)c(=O)[nH]2)cc1. The maximum absolute atomic E-state index is 12.2.